The second-order valence-electron chi connectivity index (χ2n) is 8.86. The fraction of sp³-hybridized carbons (Fsp3) is 0.565. The van der Waals surface area contributed by atoms with Crippen molar-refractivity contribution in [2.75, 3.05) is 18.5 Å². The molecule has 2 aromatic rings. The fourth-order valence-corrected chi connectivity index (χ4v) is 4.67. The van der Waals surface area contributed by atoms with Gasteiger partial charge in [0.15, 0.2) is 17.3 Å². The number of hydrogen-bond acceptors (Lipinski definition) is 6. The molecule has 8 nitrogen and oxygen atoms in total. The number of anilines is 1. The smallest absolute Gasteiger partial charge is 0.391 e. The zero-order chi connectivity index (χ0) is 24.3. The molecule has 0 aromatic carbocycles. The van der Waals surface area contributed by atoms with Gasteiger partial charge in [-0.25, -0.2) is 4.98 Å². The van der Waals surface area contributed by atoms with Gasteiger partial charge in [0.25, 0.3) is 5.91 Å². The molecular weight excluding hydrogens is 453 g/mol. The first-order chi connectivity index (χ1) is 16.2. The summed E-state index contributed by atoms with van der Waals surface area (Å²) in [6.07, 6.45) is -0.713. The molecular formula is C23H27F3N4O4. The van der Waals surface area contributed by atoms with E-state index in [1.165, 1.54) is 6.20 Å². The highest BCUT2D eigenvalue weighted by Crippen LogP contribution is 2.40. The Hall–Kier alpha value is -3.11. The van der Waals surface area contributed by atoms with Crippen molar-refractivity contribution in [1.29, 1.82) is 0 Å². The largest absolute Gasteiger partial charge is 0.489 e. The van der Waals surface area contributed by atoms with Gasteiger partial charge in [0.05, 0.1) is 12.0 Å². The van der Waals surface area contributed by atoms with Gasteiger partial charge in [0.1, 0.15) is 12.4 Å². The zero-order valence-electron chi connectivity index (χ0n) is 18.8. The molecule has 3 heterocycles. The molecule has 1 N–H and O–H groups in total. The van der Waals surface area contributed by atoms with E-state index in [2.05, 4.69) is 15.5 Å². The maximum absolute atomic E-state index is 13.1. The predicted molar refractivity (Wildman–Crippen MR) is 115 cm³/mol. The van der Waals surface area contributed by atoms with Crippen LogP contribution in [0.15, 0.2) is 28.9 Å². The van der Waals surface area contributed by atoms with Gasteiger partial charge in [-0.2, -0.15) is 13.2 Å². The van der Waals surface area contributed by atoms with Crippen molar-refractivity contribution in [1.82, 2.24) is 15.0 Å². The fourth-order valence-electron chi connectivity index (χ4n) is 4.67. The first kappa shape index (κ1) is 24.0. The molecule has 2 aromatic heterocycles. The number of carbonyl (C=O) groups is 2. The minimum atomic E-state index is -4.20. The van der Waals surface area contributed by atoms with Crippen LogP contribution in [0.2, 0.25) is 0 Å². The molecule has 1 saturated heterocycles. The lowest BCUT2D eigenvalue weighted by molar-refractivity contribution is -0.185. The second-order valence-corrected chi connectivity index (χ2v) is 8.86. The van der Waals surface area contributed by atoms with E-state index in [1.54, 1.807) is 30.0 Å². The van der Waals surface area contributed by atoms with Crippen LogP contribution in [0.25, 0.3) is 0 Å². The van der Waals surface area contributed by atoms with E-state index >= 15 is 0 Å². The molecule has 34 heavy (non-hydrogen) atoms. The summed E-state index contributed by atoms with van der Waals surface area (Å²) in [6.45, 7) is 2.42. The molecule has 2 amide bonds. The third kappa shape index (κ3) is 5.51. The Labute approximate surface area is 194 Å². The van der Waals surface area contributed by atoms with Crippen molar-refractivity contribution < 1.29 is 32.0 Å². The lowest BCUT2D eigenvalue weighted by Crippen LogP contribution is -2.44. The van der Waals surface area contributed by atoms with Gasteiger partial charge in [0, 0.05) is 24.7 Å². The summed E-state index contributed by atoms with van der Waals surface area (Å²) in [6, 6.07) is 4.63. The van der Waals surface area contributed by atoms with Gasteiger partial charge in [-0.1, -0.05) is 5.16 Å². The number of likely N-dealkylation sites (tertiary alicyclic amines) is 1. The number of amides is 2. The predicted octanol–water partition coefficient (Wildman–Crippen LogP) is 4.37. The highest BCUT2D eigenvalue weighted by atomic mass is 19.4. The molecule has 4 rings (SSSR count). The van der Waals surface area contributed by atoms with Crippen molar-refractivity contribution in [3.05, 3.63) is 35.9 Å². The summed E-state index contributed by atoms with van der Waals surface area (Å²) in [5, 5.41) is 6.33. The first-order valence-electron chi connectivity index (χ1n) is 11.4. The van der Waals surface area contributed by atoms with Crippen LogP contribution in [0.1, 0.15) is 54.8 Å². The molecule has 0 spiro atoms. The summed E-state index contributed by atoms with van der Waals surface area (Å²) in [5.41, 5.74) is 0.0736. The van der Waals surface area contributed by atoms with Crippen molar-refractivity contribution in [2.45, 2.75) is 57.7 Å². The van der Waals surface area contributed by atoms with Crippen LogP contribution in [0, 0.1) is 18.8 Å². The van der Waals surface area contributed by atoms with Gasteiger partial charge < -0.3 is 19.5 Å². The number of rotatable bonds is 6. The minimum Gasteiger partial charge on any atom is -0.489 e. The van der Waals surface area contributed by atoms with Gasteiger partial charge >= 0.3 is 6.18 Å². The van der Waals surface area contributed by atoms with E-state index in [1.807, 2.05) is 0 Å². The maximum Gasteiger partial charge on any atom is 0.391 e. The number of ether oxygens (including phenoxy) is 1. The van der Waals surface area contributed by atoms with Crippen LogP contribution >= 0.6 is 0 Å². The van der Waals surface area contributed by atoms with E-state index in [4.69, 9.17) is 9.26 Å². The van der Waals surface area contributed by atoms with E-state index in [9.17, 15) is 22.8 Å². The van der Waals surface area contributed by atoms with E-state index in [-0.39, 0.29) is 67.4 Å². The van der Waals surface area contributed by atoms with Crippen LogP contribution in [-0.4, -0.2) is 52.2 Å². The topological polar surface area (TPSA) is 97.6 Å². The van der Waals surface area contributed by atoms with Crippen LogP contribution in [-0.2, 0) is 4.79 Å². The Morgan fingerprint density at radius 1 is 1.24 bits per heavy atom. The number of halogens is 3. The summed E-state index contributed by atoms with van der Waals surface area (Å²) in [4.78, 5) is 31.5. The van der Waals surface area contributed by atoms with Gasteiger partial charge in [-0.15, -0.1) is 0 Å². The van der Waals surface area contributed by atoms with Gasteiger partial charge in [-0.3, -0.25) is 9.59 Å². The molecule has 1 saturated carbocycles. The molecule has 1 aliphatic carbocycles. The molecule has 0 bridgehead atoms. The molecule has 1 atom stereocenters. The number of aryl methyl sites for hydroxylation is 1. The van der Waals surface area contributed by atoms with Crippen LogP contribution in [0.5, 0.6) is 5.75 Å². The standard InChI is InChI=1S/C23H27F3N4O4/c1-14-12-19(29-34-14)28-21(31)20-18(5-2-10-27-20)33-13-17-4-3-11-30(17)22(32)15-6-8-16(9-7-15)23(24,25)26/h2,5,10,12,15-17H,3-4,6-9,11,13H2,1H3,(H,28,29,31)/t15-,16-,17-/m1/s1. The summed E-state index contributed by atoms with van der Waals surface area (Å²) < 4.78 is 49.7. The molecule has 0 unspecified atom stereocenters. The van der Waals surface area contributed by atoms with E-state index < -0.39 is 18.0 Å². The van der Waals surface area contributed by atoms with Crippen LogP contribution in [0.3, 0.4) is 0 Å². The lowest BCUT2D eigenvalue weighted by atomic mass is 9.81. The molecule has 1 aliphatic heterocycles. The molecule has 2 aliphatic rings. The average molecular weight is 480 g/mol. The van der Waals surface area contributed by atoms with E-state index in [0.29, 0.717) is 12.3 Å². The maximum atomic E-state index is 13.1. The number of alkyl halides is 3. The third-order valence-corrected chi connectivity index (χ3v) is 6.49. The number of nitrogens with one attached hydrogen (secondary N) is 1. The molecule has 0 radical (unpaired) electrons. The number of nitrogens with zero attached hydrogens (tertiary/aromatic N) is 3. The Bertz CT molecular complexity index is 1020. The third-order valence-electron chi connectivity index (χ3n) is 6.49. The summed E-state index contributed by atoms with van der Waals surface area (Å²) >= 11 is 0. The average Bonchev–Trinajstić information content (AvgIpc) is 3.45. The number of carbonyl (C=O) groups excluding carboxylic acids is 2. The molecule has 11 heteroatoms. The Morgan fingerprint density at radius 3 is 2.68 bits per heavy atom. The zero-order valence-corrected chi connectivity index (χ0v) is 18.8. The SMILES string of the molecule is Cc1cc(NC(=O)c2ncccc2OC[C@H]2CCCN2C(=O)[C@H]2CC[C@H](C(F)(F)F)CC2)no1. The van der Waals surface area contributed by atoms with Crippen molar-refractivity contribution in [3.63, 3.8) is 0 Å². The van der Waals surface area contributed by atoms with Crippen molar-refractivity contribution >= 4 is 17.6 Å². The van der Waals surface area contributed by atoms with Crippen molar-refractivity contribution in [3.8, 4) is 5.75 Å². The number of pyridine rings is 1. The van der Waals surface area contributed by atoms with Crippen LogP contribution < -0.4 is 10.1 Å². The first-order valence-corrected chi connectivity index (χ1v) is 11.4. The van der Waals surface area contributed by atoms with Gasteiger partial charge in [-0.05, 0) is 57.6 Å². The summed E-state index contributed by atoms with van der Waals surface area (Å²) in [7, 11) is 0. The number of hydrogen-bond donors (Lipinski definition) is 1. The lowest BCUT2D eigenvalue weighted by Gasteiger charge is -2.33. The number of aromatic nitrogens is 2. The van der Waals surface area contributed by atoms with Crippen LogP contribution in [0.4, 0.5) is 19.0 Å². The van der Waals surface area contributed by atoms with Crippen molar-refractivity contribution in [2.24, 2.45) is 11.8 Å². The Balaban J connectivity index is 1.35. The second kappa shape index (κ2) is 10.0. The molecule has 2 fully saturated rings. The molecule has 184 valence electrons. The monoisotopic (exact) mass is 480 g/mol. The van der Waals surface area contributed by atoms with Gasteiger partial charge in [0.2, 0.25) is 5.91 Å². The summed E-state index contributed by atoms with van der Waals surface area (Å²) in [5.74, 6) is -1.24. The normalized spacial score (nSPS) is 23.1. The minimum absolute atomic E-state index is 0.00584. The highest BCUT2D eigenvalue weighted by Gasteiger charge is 2.44. The quantitative estimate of drug-likeness (QED) is 0.660. The Kier molecular flexibility index (Phi) is 7.08. The Morgan fingerprint density at radius 2 is 2.00 bits per heavy atom. The van der Waals surface area contributed by atoms with E-state index in [0.717, 1.165) is 12.8 Å². The highest BCUT2D eigenvalue weighted by molar-refractivity contribution is 6.04.